The molecular formula is C18H14N2O4. The number of rotatable bonds is 4. The van der Waals surface area contributed by atoms with Crippen LogP contribution in [0.5, 0.6) is 0 Å². The van der Waals surface area contributed by atoms with Gasteiger partial charge >= 0.3 is 11.9 Å². The van der Waals surface area contributed by atoms with E-state index in [0.29, 0.717) is 0 Å². The van der Waals surface area contributed by atoms with Crippen molar-refractivity contribution in [2.24, 2.45) is 5.92 Å². The molecule has 0 spiro atoms. The Morgan fingerprint density at radius 1 is 1.21 bits per heavy atom. The summed E-state index contributed by atoms with van der Waals surface area (Å²) in [5.41, 5.74) is -0.190. The molecule has 2 aromatic carbocycles. The predicted octanol–water partition coefficient (Wildman–Crippen LogP) is 3.09. The molecule has 0 saturated heterocycles. The smallest absolute Gasteiger partial charge is 0.338 e. The van der Waals surface area contributed by atoms with Gasteiger partial charge in [0.1, 0.15) is 12.1 Å². The van der Waals surface area contributed by atoms with E-state index in [1.165, 1.54) is 24.3 Å². The number of carboxylic acid groups (broad SMARTS) is 1. The molecule has 0 bridgehead atoms. The van der Waals surface area contributed by atoms with E-state index in [1.54, 1.807) is 0 Å². The quantitative estimate of drug-likeness (QED) is 0.866. The lowest BCUT2D eigenvalue weighted by atomic mass is 9.92. The second kappa shape index (κ2) is 6.80. The van der Waals surface area contributed by atoms with E-state index < -0.39 is 11.9 Å². The van der Waals surface area contributed by atoms with Crippen LogP contribution in [0.25, 0.3) is 10.8 Å². The molecule has 0 saturated carbocycles. The molecule has 0 aliphatic carbocycles. The van der Waals surface area contributed by atoms with Gasteiger partial charge in [-0.15, -0.1) is 0 Å². The zero-order valence-electron chi connectivity index (χ0n) is 13.2. The molecule has 0 aliphatic rings. The predicted molar refractivity (Wildman–Crippen MR) is 85.5 cm³/mol. The molecule has 0 radical (unpaired) electrons. The minimum absolute atomic E-state index is 0.0600. The van der Waals surface area contributed by atoms with E-state index in [-0.39, 0.29) is 45.6 Å². The van der Waals surface area contributed by atoms with E-state index in [4.69, 9.17) is 4.74 Å². The van der Waals surface area contributed by atoms with Gasteiger partial charge < -0.3 is 9.84 Å². The molecule has 0 atom stereocenters. The Bertz CT molecular complexity index is 917. The lowest BCUT2D eigenvalue weighted by Gasteiger charge is -2.12. The fraction of sp³-hybridized carbons (Fsp3) is 0.222. The zero-order chi connectivity index (χ0) is 17.9. The summed E-state index contributed by atoms with van der Waals surface area (Å²) in [7, 11) is 0. The fourth-order valence-electron chi connectivity index (χ4n) is 2.35. The van der Waals surface area contributed by atoms with Gasteiger partial charge in [0.25, 0.3) is 0 Å². The van der Waals surface area contributed by atoms with Gasteiger partial charge in [-0.25, -0.2) is 9.59 Å². The Kier molecular flexibility index (Phi) is 4.81. The number of hydrogen-bond donors (Lipinski definition) is 1. The largest absolute Gasteiger partial charge is 0.478 e. The maximum atomic E-state index is 12.4. The van der Waals surface area contributed by atoms with Crippen LogP contribution in [0.15, 0.2) is 24.3 Å². The van der Waals surface area contributed by atoms with Crippen molar-refractivity contribution in [1.29, 1.82) is 10.5 Å². The number of hydrogen-bond acceptors (Lipinski definition) is 5. The number of carbonyl (C=O) groups is 2. The maximum Gasteiger partial charge on any atom is 0.338 e. The Balaban J connectivity index is 2.81. The first-order valence-corrected chi connectivity index (χ1v) is 7.21. The van der Waals surface area contributed by atoms with Gasteiger partial charge in [0.05, 0.1) is 28.9 Å². The Morgan fingerprint density at radius 2 is 1.92 bits per heavy atom. The molecule has 0 aromatic heterocycles. The van der Waals surface area contributed by atoms with E-state index in [2.05, 4.69) is 0 Å². The Labute approximate surface area is 138 Å². The summed E-state index contributed by atoms with van der Waals surface area (Å²) >= 11 is 0. The highest BCUT2D eigenvalue weighted by molar-refractivity contribution is 6.13. The van der Waals surface area contributed by atoms with Gasteiger partial charge in [-0.1, -0.05) is 26.0 Å². The number of nitriles is 2. The van der Waals surface area contributed by atoms with Crippen molar-refractivity contribution < 1.29 is 19.4 Å². The molecule has 120 valence electrons. The number of benzene rings is 2. The highest BCUT2D eigenvalue weighted by Gasteiger charge is 2.22. The molecule has 6 nitrogen and oxygen atoms in total. The number of carbonyl (C=O) groups excluding carboxylic acids is 1. The molecule has 0 fully saturated rings. The standard InChI is InChI=1S/C18H14N2O4/c1-10(2)9-24-18(23)14-6-11(7-19)15(8-20)16-12(14)4-3-5-13(16)17(21)22/h3-6,10H,9H2,1-2H3,(H,21,22). The fourth-order valence-corrected chi connectivity index (χ4v) is 2.35. The molecular weight excluding hydrogens is 308 g/mol. The third-order valence-electron chi connectivity index (χ3n) is 3.39. The minimum Gasteiger partial charge on any atom is -0.478 e. The van der Waals surface area contributed by atoms with Crippen LogP contribution in [0.3, 0.4) is 0 Å². The van der Waals surface area contributed by atoms with E-state index >= 15 is 0 Å². The summed E-state index contributed by atoms with van der Waals surface area (Å²) in [6, 6.07) is 9.33. The maximum absolute atomic E-state index is 12.4. The van der Waals surface area contributed by atoms with Crippen LogP contribution in [0, 0.1) is 28.6 Å². The van der Waals surface area contributed by atoms with Crippen LogP contribution < -0.4 is 0 Å². The molecule has 2 rings (SSSR count). The summed E-state index contributed by atoms with van der Waals surface area (Å²) in [5.74, 6) is -1.77. The summed E-state index contributed by atoms with van der Waals surface area (Å²) in [5, 5.41) is 28.3. The SMILES string of the molecule is CC(C)COC(=O)c1cc(C#N)c(C#N)c2c(C(=O)O)cccc12. The van der Waals surface area contributed by atoms with Crippen molar-refractivity contribution in [3.63, 3.8) is 0 Å². The van der Waals surface area contributed by atoms with Crippen LogP contribution in [-0.2, 0) is 4.74 Å². The van der Waals surface area contributed by atoms with Gasteiger partial charge in [-0.2, -0.15) is 10.5 Å². The highest BCUT2D eigenvalue weighted by atomic mass is 16.5. The van der Waals surface area contributed by atoms with E-state index in [9.17, 15) is 25.2 Å². The van der Waals surface area contributed by atoms with Crippen LogP contribution in [0.2, 0.25) is 0 Å². The van der Waals surface area contributed by atoms with Crippen molar-refractivity contribution in [2.45, 2.75) is 13.8 Å². The van der Waals surface area contributed by atoms with Crippen LogP contribution in [-0.4, -0.2) is 23.7 Å². The normalized spacial score (nSPS) is 10.2. The third kappa shape index (κ3) is 3.04. The molecule has 6 heteroatoms. The molecule has 1 N–H and O–H groups in total. The molecule has 0 amide bonds. The van der Waals surface area contributed by atoms with Gasteiger partial charge in [-0.3, -0.25) is 0 Å². The first kappa shape index (κ1) is 17.0. The van der Waals surface area contributed by atoms with E-state index in [1.807, 2.05) is 26.0 Å². The first-order valence-electron chi connectivity index (χ1n) is 7.21. The molecule has 0 aliphatic heterocycles. The van der Waals surface area contributed by atoms with E-state index in [0.717, 1.165) is 0 Å². The molecule has 2 aromatic rings. The van der Waals surface area contributed by atoms with Crippen molar-refractivity contribution in [2.75, 3.05) is 6.61 Å². The Hall–Kier alpha value is -3.38. The average Bonchev–Trinajstić information content (AvgIpc) is 2.57. The van der Waals surface area contributed by atoms with Crippen molar-refractivity contribution >= 4 is 22.7 Å². The van der Waals surface area contributed by atoms with Gasteiger partial charge in [-0.05, 0) is 23.4 Å². The van der Waals surface area contributed by atoms with Crippen molar-refractivity contribution in [1.82, 2.24) is 0 Å². The average molecular weight is 322 g/mol. The number of fused-ring (bicyclic) bond motifs is 1. The summed E-state index contributed by atoms with van der Waals surface area (Å²) in [6.07, 6.45) is 0. The zero-order valence-corrected chi connectivity index (χ0v) is 13.2. The van der Waals surface area contributed by atoms with Crippen LogP contribution in [0.4, 0.5) is 0 Å². The minimum atomic E-state index is -1.24. The molecule has 0 heterocycles. The van der Waals surface area contributed by atoms with Crippen LogP contribution >= 0.6 is 0 Å². The summed E-state index contributed by atoms with van der Waals surface area (Å²) in [4.78, 5) is 23.8. The number of aromatic carboxylic acids is 1. The number of nitrogens with zero attached hydrogens (tertiary/aromatic N) is 2. The monoisotopic (exact) mass is 322 g/mol. The number of esters is 1. The third-order valence-corrected chi connectivity index (χ3v) is 3.39. The Morgan fingerprint density at radius 3 is 2.46 bits per heavy atom. The number of ether oxygens (including phenoxy) is 1. The summed E-state index contributed by atoms with van der Waals surface area (Å²) in [6.45, 7) is 3.96. The second-order valence-electron chi connectivity index (χ2n) is 5.60. The number of carboxylic acids is 1. The van der Waals surface area contributed by atoms with Gasteiger partial charge in [0.15, 0.2) is 0 Å². The van der Waals surface area contributed by atoms with Gasteiger partial charge in [0, 0.05) is 5.39 Å². The lowest BCUT2D eigenvalue weighted by Crippen LogP contribution is -2.12. The lowest BCUT2D eigenvalue weighted by molar-refractivity contribution is 0.0460. The molecule has 0 unspecified atom stereocenters. The van der Waals surface area contributed by atoms with Crippen molar-refractivity contribution in [3.8, 4) is 12.1 Å². The first-order chi connectivity index (χ1) is 11.4. The highest BCUT2D eigenvalue weighted by Crippen LogP contribution is 2.29. The summed E-state index contributed by atoms with van der Waals surface area (Å²) < 4.78 is 5.19. The van der Waals surface area contributed by atoms with Gasteiger partial charge in [0.2, 0.25) is 0 Å². The topological polar surface area (TPSA) is 111 Å². The van der Waals surface area contributed by atoms with Crippen LogP contribution in [0.1, 0.15) is 45.7 Å². The van der Waals surface area contributed by atoms with Crippen molar-refractivity contribution in [3.05, 3.63) is 46.5 Å². The second-order valence-corrected chi connectivity index (χ2v) is 5.60. The molecule has 24 heavy (non-hydrogen) atoms.